The summed E-state index contributed by atoms with van der Waals surface area (Å²) in [6.07, 6.45) is 9.56. The van der Waals surface area contributed by atoms with E-state index in [1.807, 2.05) is 0 Å². The Labute approximate surface area is 88.6 Å². The Bertz CT molecular complexity index is 128. The molecule has 1 saturated carbocycles. The lowest BCUT2D eigenvalue weighted by atomic mass is 9.83. The van der Waals surface area contributed by atoms with Gasteiger partial charge in [-0.3, -0.25) is 0 Å². The van der Waals surface area contributed by atoms with E-state index in [1.54, 1.807) is 0 Å². The molecule has 0 radical (unpaired) electrons. The summed E-state index contributed by atoms with van der Waals surface area (Å²) >= 11 is 0. The molecule has 0 bridgehead atoms. The SMILES string of the molecule is CCCC1CCC(NCCCN)CC1. The zero-order valence-corrected chi connectivity index (χ0v) is 9.60. The topological polar surface area (TPSA) is 38.0 Å². The van der Waals surface area contributed by atoms with Gasteiger partial charge in [0.15, 0.2) is 0 Å². The Morgan fingerprint density at radius 1 is 1.21 bits per heavy atom. The Balaban J connectivity index is 2.03. The van der Waals surface area contributed by atoms with Gasteiger partial charge in [-0.05, 0) is 51.1 Å². The molecule has 0 aromatic rings. The molecule has 0 spiro atoms. The van der Waals surface area contributed by atoms with Gasteiger partial charge in [0.1, 0.15) is 0 Å². The maximum Gasteiger partial charge on any atom is 0.00672 e. The molecule has 84 valence electrons. The first-order valence-electron chi connectivity index (χ1n) is 6.30. The van der Waals surface area contributed by atoms with E-state index >= 15 is 0 Å². The largest absolute Gasteiger partial charge is 0.330 e. The van der Waals surface area contributed by atoms with Crippen molar-refractivity contribution in [3.8, 4) is 0 Å². The van der Waals surface area contributed by atoms with Crippen LogP contribution in [0.3, 0.4) is 0 Å². The fourth-order valence-corrected chi connectivity index (χ4v) is 2.47. The van der Waals surface area contributed by atoms with Crippen molar-refractivity contribution in [2.24, 2.45) is 11.7 Å². The highest BCUT2D eigenvalue weighted by Gasteiger charge is 2.19. The minimum atomic E-state index is 0.787. The van der Waals surface area contributed by atoms with Gasteiger partial charge in [-0.15, -0.1) is 0 Å². The van der Waals surface area contributed by atoms with E-state index in [1.165, 1.54) is 38.5 Å². The van der Waals surface area contributed by atoms with Gasteiger partial charge >= 0.3 is 0 Å². The Morgan fingerprint density at radius 2 is 1.93 bits per heavy atom. The molecule has 0 heterocycles. The Hall–Kier alpha value is -0.0800. The van der Waals surface area contributed by atoms with Crippen molar-refractivity contribution in [2.45, 2.75) is 57.9 Å². The van der Waals surface area contributed by atoms with Crippen LogP contribution >= 0.6 is 0 Å². The van der Waals surface area contributed by atoms with Crippen molar-refractivity contribution in [1.82, 2.24) is 5.32 Å². The molecule has 2 heteroatoms. The minimum Gasteiger partial charge on any atom is -0.330 e. The summed E-state index contributed by atoms with van der Waals surface area (Å²) in [5.74, 6) is 1.02. The summed E-state index contributed by atoms with van der Waals surface area (Å²) in [4.78, 5) is 0. The van der Waals surface area contributed by atoms with Crippen LogP contribution in [-0.2, 0) is 0 Å². The number of hydrogen-bond acceptors (Lipinski definition) is 2. The zero-order chi connectivity index (χ0) is 10.2. The predicted molar refractivity (Wildman–Crippen MR) is 62.3 cm³/mol. The summed E-state index contributed by atoms with van der Waals surface area (Å²) in [6, 6.07) is 0.787. The van der Waals surface area contributed by atoms with Crippen LogP contribution < -0.4 is 11.1 Å². The van der Waals surface area contributed by atoms with Crippen molar-refractivity contribution in [3.63, 3.8) is 0 Å². The predicted octanol–water partition coefficient (Wildman–Crippen LogP) is 2.28. The molecule has 0 amide bonds. The second kappa shape index (κ2) is 7.24. The monoisotopic (exact) mass is 198 g/mol. The molecule has 1 fully saturated rings. The van der Waals surface area contributed by atoms with E-state index in [2.05, 4.69) is 12.2 Å². The lowest BCUT2D eigenvalue weighted by Crippen LogP contribution is -2.34. The lowest BCUT2D eigenvalue weighted by Gasteiger charge is -2.29. The van der Waals surface area contributed by atoms with E-state index in [0.29, 0.717) is 0 Å². The molecule has 0 saturated heterocycles. The second-order valence-electron chi connectivity index (χ2n) is 4.60. The van der Waals surface area contributed by atoms with Gasteiger partial charge in [0.25, 0.3) is 0 Å². The summed E-state index contributed by atoms with van der Waals surface area (Å²) in [7, 11) is 0. The smallest absolute Gasteiger partial charge is 0.00672 e. The van der Waals surface area contributed by atoms with Gasteiger partial charge in [-0.25, -0.2) is 0 Å². The van der Waals surface area contributed by atoms with Gasteiger partial charge in [0.05, 0.1) is 0 Å². The summed E-state index contributed by atoms with van der Waals surface area (Å²) in [6.45, 7) is 4.23. The lowest BCUT2D eigenvalue weighted by molar-refractivity contribution is 0.278. The van der Waals surface area contributed by atoms with Gasteiger partial charge < -0.3 is 11.1 Å². The average Bonchev–Trinajstić information content (AvgIpc) is 2.21. The normalized spacial score (nSPS) is 27.9. The summed E-state index contributed by atoms with van der Waals surface area (Å²) < 4.78 is 0. The quantitative estimate of drug-likeness (QED) is 0.643. The van der Waals surface area contributed by atoms with Crippen molar-refractivity contribution in [1.29, 1.82) is 0 Å². The maximum atomic E-state index is 5.47. The number of nitrogens with two attached hydrogens (primary N) is 1. The number of nitrogens with one attached hydrogen (secondary N) is 1. The van der Waals surface area contributed by atoms with Crippen LogP contribution in [0.15, 0.2) is 0 Å². The molecule has 1 aliphatic rings. The molecule has 3 N–H and O–H groups in total. The molecule has 14 heavy (non-hydrogen) atoms. The first-order valence-corrected chi connectivity index (χ1v) is 6.30. The third-order valence-corrected chi connectivity index (χ3v) is 3.36. The van der Waals surface area contributed by atoms with Gasteiger partial charge in [0, 0.05) is 6.04 Å². The van der Waals surface area contributed by atoms with Crippen molar-refractivity contribution < 1.29 is 0 Å². The fraction of sp³-hybridized carbons (Fsp3) is 1.00. The average molecular weight is 198 g/mol. The van der Waals surface area contributed by atoms with Gasteiger partial charge in [-0.2, -0.15) is 0 Å². The van der Waals surface area contributed by atoms with Crippen molar-refractivity contribution in [3.05, 3.63) is 0 Å². The fourth-order valence-electron chi connectivity index (χ4n) is 2.47. The molecule has 0 aliphatic heterocycles. The highest BCUT2D eigenvalue weighted by molar-refractivity contribution is 4.76. The van der Waals surface area contributed by atoms with Gasteiger partial charge in [-0.1, -0.05) is 19.8 Å². The zero-order valence-electron chi connectivity index (χ0n) is 9.60. The third kappa shape index (κ3) is 4.43. The van der Waals surface area contributed by atoms with Crippen LogP contribution in [0.1, 0.15) is 51.9 Å². The molecule has 2 nitrogen and oxygen atoms in total. The van der Waals surface area contributed by atoms with Crippen LogP contribution in [0.2, 0.25) is 0 Å². The van der Waals surface area contributed by atoms with Crippen LogP contribution in [0.5, 0.6) is 0 Å². The summed E-state index contributed by atoms with van der Waals surface area (Å²) in [5.41, 5.74) is 5.47. The van der Waals surface area contributed by atoms with Crippen LogP contribution in [0, 0.1) is 5.92 Å². The standard InChI is InChI=1S/C12H26N2/c1-2-4-11-5-7-12(8-6-11)14-10-3-9-13/h11-12,14H,2-10,13H2,1H3. The molecular formula is C12H26N2. The third-order valence-electron chi connectivity index (χ3n) is 3.36. The molecule has 1 aliphatic carbocycles. The van der Waals surface area contributed by atoms with E-state index in [4.69, 9.17) is 5.73 Å². The van der Waals surface area contributed by atoms with E-state index < -0.39 is 0 Å². The van der Waals surface area contributed by atoms with E-state index in [-0.39, 0.29) is 0 Å². The summed E-state index contributed by atoms with van der Waals surface area (Å²) in [5, 5.41) is 3.61. The maximum absolute atomic E-state index is 5.47. The van der Waals surface area contributed by atoms with Gasteiger partial charge in [0.2, 0.25) is 0 Å². The highest BCUT2D eigenvalue weighted by atomic mass is 14.9. The van der Waals surface area contributed by atoms with Crippen LogP contribution in [0.25, 0.3) is 0 Å². The first-order chi connectivity index (χ1) is 6.86. The highest BCUT2D eigenvalue weighted by Crippen LogP contribution is 2.27. The number of hydrogen-bond donors (Lipinski definition) is 2. The van der Waals surface area contributed by atoms with E-state index in [0.717, 1.165) is 31.5 Å². The van der Waals surface area contributed by atoms with Crippen LogP contribution in [-0.4, -0.2) is 19.1 Å². The van der Waals surface area contributed by atoms with Crippen LogP contribution in [0.4, 0.5) is 0 Å². The Kier molecular flexibility index (Phi) is 6.20. The first kappa shape index (κ1) is 12.0. The molecule has 0 aromatic heterocycles. The van der Waals surface area contributed by atoms with Crippen molar-refractivity contribution >= 4 is 0 Å². The molecule has 1 rings (SSSR count). The molecule has 0 unspecified atom stereocenters. The minimum absolute atomic E-state index is 0.787. The van der Waals surface area contributed by atoms with E-state index in [9.17, 15) is 0 Å². The number of rotatable bonds is 6. The Morgan fingerprint density at radius 3 is 2.50 bits per heavy atom. The molecule has 0 atom stereocenters. The molecule has 0 aromatic carbocycles. The molecular weight excluding hydrogens is 172 g/mol. The van der Waals surface area contributed by atoms with Crippen molar-refractivity contribution in [2.75, 3.05) is 13.1 Å². The second-order valence-corrected chi connectivity index (χ2v) is 4.60.